The second-order valence-corrected chi connectivity index (χ2v) is 8.17. The van der Waals surface area contributed by atoms with E-state index in [4.69, 9.17) is 39.5 Å². The summed E-state index contributed by atoms with van der Waals surface area (Å²) in [6, 6.07) is 22.0. The average molecular weight is 498 g/mol. The maximum absolute atomic E-state index is 12.6. The standard InChI is InChI=1S/C25H15Cl3N2O3/c26-18-9-5-16(6-10-18)25(32)33-23-12-8-15-3-1-2-4-19(15)20(23)14-29-30-24(31)17-7-11-21(27)22(28)13-17/h1-14H,(H,30,31)/b29-14-. The van der Waals surface area contributed by atoms with Gasteiger partial charge in [0.05, 0.1) is 21.8 Å². The summed E-state index contributed by atoms with van der Waals surface area (Å²) in [7, 11) is 0. The molecule has 0 saturated heterocycles. The largest absolute Gasteiger partial charge is 0.422 e. The molecule has 0 bridgehead atoms. The third kappa shape index (κ3) is 5.34. The van der Waals surface area contributed by atoms with Gasteiger partial charge in [0.15, 0.2) is 0 Å². The zero-order chi connectivity index (χ0) is 23.4. The van der Waals surface area contributed by atoms with Gasteiger partial charge >= 0.3 is 5.97 Å². The summed E-state index contributed by atoms with van der Waals surface area (Å²) in [5.74, 6) is -0.720. The Bertz CT molecular complexity index is 1390. The molecule has 0 unspecified atom stereocenters. The first-order chi connectivity index (χ1) is 15.9. The van der Waals surface area contributed by atoms with E-state index in [1.807, 2.05) is 30.3 Å². The molecule has 164 valence electrons. The number of amides is 1. The van der Waals surface area contributed by atoms with E-state index in [1.165, 1.54) is 24.4 Å². The zero-order valence-corrected chi connectivity index (χ0v) is 19.2. The van der Waals surface area contributed by atoms with Crippen LogP contribution in [0, 0.1) is 0 Å². The van der Waals surface area contributed by atoms with E-state index in [-0.39, 0.29) is 5.02 Å². The molecular formula is C25H15Cl3N2O3. The number of hydrogen-bond acceptors (Lipinski definition) is 4. The minimum atomic E-state index is -0.545. The second-order valence-electron chi connectivity index (χ2n) is 6.92. The van der Waals surface area contributed by atoms with Crippen LogP contribution in [0.3, 0.4) is 0 Å². The summed E-state index contributed by atoms with van der Waals surface area (Å²) in [6.45, 7) is 0. The molecule has 0 spiro atoms. The molecule has 0 heterocycles. The summed E-state index contributed by atoms with van der Waals surface area (Å²) in [4.78, 5) is 25.1. The fourth-order valence-electron chi connectivity index (χ4n) is 3.10. The quantitative estimate of drug-likeness (QED) is 0.143. The highest BCUT2D eigenvalue weighted by molar-refractivity contribution is 6.42. The van der Waals surface area contributed by atoms with Crippen molar-refractivity contribution in [1.29, 1.82) is 0 Å². The molecule has 1 N–H and O–H groups in total. The topological polar surface area (TPSA) is 67.8 Å². The number of esters is 1. The van der Waals surface area contributed by atoms with E-state index >= 15 is 0 Å². The number of hydrogen-bond donors (Lipinski definition) is 1. The van der Waals surface area contributed by atoms with Crippen LogP contribution in [-0.4, -0.2) is 18.1 Å². The number of hydrazone groups is 1. The van der Waals surface area contributed by atoms with Gasteiger partial charge in [0, 0.05) is 16.1 Å². The Morgan fingerprint density at radius 3 is 2.30 bits per heavy atom. The van der Waals surface area contributed by atoms with Crippen molar-refractivity contribution in [2.24, 2.45) is 5.10 Å². The highest BCUT2D eigenvalue weighted by Crippen LogP contribution is 2.28. The van der Waals surface area contributed by atoms with Crippen molar-refractivity contribution in [3.05, 3.63) is 111 Å². The lowest BCUT2D eigenvalue weighted by molar-refractivity contribution is 0.0734. The van der Waals surface area contributed by atoms with Crippen LogP contribution >= 0.6 is 34.8 Å². The molecule has 0 radical (unpaired) electrons. The van der Waals surface area contributed by atoms with Crippen LogP contribution in [0.1, 0.15) is 26.3 Å². The third-order valence-corrected chi connectivity index (χ3v) is 5.75. The number of carbonyl (C=O) groups is 2. The molecule has 0 aliphatic carbocycles. The lowest BCUT2D eigenvalue weighted by Gasteiger charge is -2.10. The lowest BCUT2D eigenvalue weighted by Crippen LogP contribution is -2.17. The Morgan fingerprint density at radius 1 is 0.818 bits per heavy atom. The highest BCUT2D eigenvalue weighted by atomic mass is 35.5. The first-order valence-electron chi connectivity index (χ1n) is 9.70. The fourth-order valence-corrected chi connectivity index (χ4v) is 3.52. The Hall–Kier alpha value is -3.38. The molecule has 5 nitrogen and oxygen atoms in total. The third-order valence-electron chi connectivity index (χ3n) is 4.75. The Balaban J connectivity index is 1.62. The van der Waals surface area contributed by atoms with Crippen molar-refractivity contribution < 1.29 is 14.3 Å². The van der Waals surface area contributed by atoms with Gasteiger partial charge < -0.3 is 4.74 Å². The number of nitrogens with one attached hydrogen (secondary N) is 1. The Labute approximate surface area is 204 Å². The molecule has 0 aromatic heterocycles. The van der Waals surface area contributed by atoms with Gasteiger partial charge in [-0.3, -0.25) is 4.79 Å². The lowest BCUT2D eigenvalue weighted by atomic mass is 10.0. The van der Waals surface area contributed by atoms with Crippen molar-refractivity contribution >= 4 is 63.7 Å². The molecule has 33 heavy (non-hydrogen) atoms. The monoisotopic (exact) mass is 496 g/mol. The molecule has 0 aliphatic rings. The summed E-state index contributed by atoms with van der Waals surface area (Å²) in [5.41, 5.74) is 3.63. The molecular weight excluding hydrogens is 483 g/mol. The first-order valence-corrected chi connectivity index (χ1v) is 10.8. The fraction of sp³-hybridized carbons (Fsp3) is 0. The molecule has 0 atom stereocenters. The van der Waals surface area contributed by atoms with Crippen LogP contribution in [0.15, 0.2) is 84.0 Å². The molecule has 0 aliphatic heterocycles. The van der Waals surface area contributed by atoms with E-state index in [0.717, 1.165) is 10.8 Å². The van der Waals surface area contributed by atoms with Crippen molar-refractivity contribution in [2.75, 3.05) is 0 Å². The van der Waals surface area contributed by atoms with Crippen molar-refractivity contribution in [1.82, 2.24) is 5.43 Å². The van der Waals surface area contributed by atoms with E-state index in [0.29, 0.717) is 32.5 Å². The van der Waals surface area contributed by atoms with Crippen LogP contribution < -0.4 is 10.2 Å². The molecule has 4 aromatic rings. The van der Waals surface area contributed by atoms with Crippen LogP contribution in [0.4, 0.5) is 0 Å². The van der Waals surface area contributed by atoms with Gasteiger partial charge in [0.2, 0.25) is 0 Å². The summed E-state index contributed by atoms with van der Waals surface area (Å²) >= 11 is 17.8. The van der Waals surface area contributed by atoms with Crippen LogP contribution in [-0.2, 0) is 0 Å². The van der Waals surface area contributed by atoms with E-state index in [9.17, 15) is 9.59 Å². The summed E-state index contributed by atoms with van der Waals surface area (Å²) in [5, 5.41) is 6.90. The molecule has 8 heteroatoms. The number of halogens is 3. The first kappa shape index (κ1) is 22.8. The number of rotatable bonds is 5. The minimum absolute atomic E-state index is 0.263. The maximum atomic E-state index is 12.6. The molecule has 1 amide bonds. The van der Waals surface area contributed by atoms with Gasteiger partial charge in [-0.15, -0.1) is 0 Å². The number of benzene rings is 4. The number of fused-ring (bicyclic) bond motifs is 1. The summed E-state index contributed by atoms with van der Waals surface area (Å²) in [6.07, 6.45) is 1.43. The number of nitrogens with zero attached hydrogens (tertiary/aromatic N) is 1. The number of ether oxygens (including phenoxy) is 1. The van der Waals surface area contributed by atoms with Crippen LogP contribution in [0.25, 0.3) is 10.8 Å². The predicted molar refractivity (Wildman–Crippen MR) is 132 cm³/mol. The zero-order valence-electron chi connectivity index (χ0n) is 16.9. The van der Waals surface area contributed by atoms with Gasteiger partial charge in [0.25, 0.3) is 5.91 Å². The van der Waals surface area contributed by atoms with Crippen LogP contribution in [0.2, 0.25) is 15.1 Å². The molecule has 4 aromatic carbocycles. The highest BCUT2D eigenvalue weighted by Gasteiger charge is 2.14. The SMILES string of the molecule is O=C(N/N=C\c1c(OC(=O)c2ccc(Cl)cc2)ccc2ccccc12)c1ccc(Cl)c(Cl)c1. The van der Waals surface area contributed by atoms with Crippen LogP contribution in [0.5, 0.6) is 5.75 Å². The molecule has 0 fully saturated rings. The normalized spacial score (nSPS) is 11.0. The molecule has 0 saturated carbocycles. The van der Waals surface area contributed by atoms with E-state index in [1.54, 1.807) is 30.3 Å². The average Bonchev–Trinajstić information content (AvgIpc) is 2.82. The van der Waals surface area contributed by atoms with Gasteiger partial charge in [0.1, 0.15) is 5.75 Å². The van der Waals surface area contributed by atoms with Gasteiger partial charge in [-0.25, -0.2) is 10.2 Å². The summed E-state index contributed by atoms with van der Waals surface area (Å²) < 4.78 is 5.63. The van der Waals surface area contributed by atoms with E-state index in [2.05, 4.69) is 10.5 Å². The second kappa shape index (κ2) is 10.0. The van der Waals surface area contributed by atoms with Crippen molar-refractivity contribution in [2.45, 2.75) is 0 Å². The Kier molecular flexibility index (Phi) is 6.94. The maximum Gasteiger partial charge on any atom is 0.343 e. The van der Waals surface area contributed by atoms with Gasteiger partial charge in [-0.2, -0.15) is 5.10 Å². The van der Waals surface area contributed by atoms with Crippen molar-refractivity contribution in [3.8, 4) is 5.75 Å². The predicted octanol–water partition coefficient (Wildman–Crippen LogP) is 6.78. The minimum Gasteiger partial charge on any atom is -0.422 e. The van der Waals surface area contributed by atoms with E-state index < -0.39 is 11.9 Å². The van der Waals surface area contributed by atoms with Gasteiger partial charge in [-0.1, -0.05) is 65.1 Å². The molecule has 4 rings (SSSR count). The van der Waals surface area contributed by atoms with Crippen molar-refractivity contribution in [3.63, 3.8) is 0 Å². The number of carbonyl (C=O) groups excluding carboxylic acids is 2. The smallest absolute Gasteiger partial charge is 0.343 e. The van der Waals surface area contributed by atoms with Gasteiger partial charge in [-0.05, 0) is 59.3 Å². The Morgan fingerprint density at radius 2 is 1.55 bits per heavy atom.